The van der Waals surface area contributed by atoms with E-state index in [9.17, 15) is 9.90 Å². The summed E-state index contributed by atoms with van der Waals surface area (Å²) in [7, 11) is 0. The van der Waals surface area contributed by atoms with Crippen molar-refractivity contribution in [1.29, 1.82) is 0 Å². The highest BCUT2D eigenvalue weighted by Gasteiger charge is 2.25. The largest absolute Gasteiger partial charge is 0.392 e. The second-order valence-electron chi connectivity index (χ2n) is 6.35. The fourth-order valence-corrected chi connectivity index (χ4v) is 3.91. The Morgan fingerprint density at radius 2 is 2.26 bits per heavy atom. The van der Waals surface area contributed by atoms with Crippen molar-refractivity contribution in [1.82, 2.24) is 14.8 Å². The zero-order valence-electron chi connectivity index (χ0n) is 14.5. The van der Waals surface area contributed by atoms with Gasteiger partial charge in [0, 0.05) is 37.1 Å². The van der Waals surface area contributed by atoms with Crippen molar-refractivity contribution in [2.75, 3.05) is 38.0 Å². The molecule has 130 valence electrons. The Balaban J connectivity index is 1.82. The van der Waals surface area contributed by atoms with E-state index in [0.717, 1.165) is 31.7 Å². The van der Waals surface area contributed by atoms with E-state index in [1.54, 1.807) is 0 Å². The van der Waals surface area contributed by atoms with Crippen LogP contribution in [0, 0.1) is 6.92 Å². The van der Waals surface area contributed by atoms with Crippen LogP contribution in [0.25, 0.3) is 0 Å². The van der Waals surface area contributed by atoms with E-state index in [0.29, 0.717) is 24.3 Å². The van der Waals surface area contributed by atoms with Crippen molar-refractivity contribution in [3.8, 4) is 0 Å². The molecule has 0 aromatic carbocycles. The normalized spacial score (nSPS) is 21.3. The Bertz CT molecular complexity index is 532. The molecule has 1 saturated heterocycles. The number of piperazine rings is 1. The summed E-state index contributed by atoms with van der Waals surface area (Å²) in [6, 6.07) is 0.347. The zero-order chi connectivity index (χ0) is 17.0. The van der Waals surface area contributed by atoms with Gasteiger partial charge in [-0.1, -0.05) is 6.92 Å². The van der Waals surface area contributed by atoms with Gasteiger partial charge >= 0.3 is 0 Å². The van der Waals surface area contributed by atoms with Crippen LogP contribution in [0.3, 0.4) is 0 Å². The molecule has 0 aliphatic carbocycles. The maximum absolute atomic E-state index is 12.2. The lowest BCUT2D eigenvalue weighted by Gasteiger charge is -2.40. The Labute approximate surface area is 142 Å². The first-order chi connectivity index (χ1) is 10.9. The lowest BCUT2D eigenvalue weighted by molar-refractivity contribution is -0.118. The first kappa shape index (κ1) is 18.3. The number of carbonyl (C=O) groups excluding carboxylic acids is 1. The molecule has 2 N–H and O–H groups in total. The molecule has 0 spiro atoms. The number of nitrogens with one attached hydrogen (secondary N) is 1. The molecule has 1 amide bonds. The van der Waals surface area contributed by atoms with Crippen LogP contribution in [0.15, 0.2) is 0 Å². The Kier molecular flexibility index (Phi) is 6.52. The molecule has 2 rings (SSSR count). The number of hydrogen-bond acceptors (Lipinski definition) is 6. The van der Waals surface area contributed by atoms with Crippen molar-refractivity contribution in [2.24, 2.45) is 0 Å². The monoisotopic (exact) mass is 340 g/mol. The van der Waals surface area contributed by atoms with Crippen LogP contribution in [0.2, 0.25) is 0 Å². The van der Waals surface area contributed by atoms with Crippen molar-refractivity contribution >= 4 is 22.4 Å². The SMILES string of the molecule is CCc1nc(NC(=O)CN2CCN(C[C@H](C)O)[C@H](C)C2)sc1C. The molecule has 0 radical (unpaired) electrons. The summed E-state index contributed by atoms with van der Waals surface area (Å²) in [5.74, 6) is -0.00224. The van der Waals surface area contributed by atoms with Gasteiger partial charge < -0.3 is 10.4 Å². The van der Waals surface area contributed by atoms with Gasteiger partial charge in [0.25, 0.3) is 0 Å². The van der Waals surface area contributed by atoms with Gasteiger partial charge in [-0.3, -0.25) is 14.6 Å². The molecule has 1 aliphatic heterocycles. The van der Waals surface area contributed by atoms with E-state index < -0.39 is 0 Å². The van der Waals surface area contributed by atoms with Crippen molar-refractivity contribution in [3.05, 3.63) is 10.6 Å². The number of rotatable bonds is 6. The molecule has 2 heterocycles. The van der Waals surface area contributed by atoms with E-state index in [4.69, 9.17) is 0 Å². The summed E-state index contributed by atoms with van der Waals surface area (Å²) in [5.41, 5.74) is 1.06. The Hall–Kier alpha value is -1.02. The van der Waals surface area contributed by atoms with Crippen LogP contribution in [0.1, 0.15) is 31.3 Å². The number of aliphatic hydroxyl groups is 1. The maximum atomic E-state index is 12.2. The highest BCUT2D eigenvalue weighted by Crippen LogP contribution is 2.22. The van der Waals surface area contributed by atoms with Crippen molar-refractivity contribution in [3.63, 3.8) is 0 Å². The molecular formula is C16H28N4O2S. The van der Waals surface area contributed by atoms with E-state index in [1.165, 1.54) is 16.2 Å². The highest BCUT2D eigenvalue weighted by molar-refractivity contribution is 7.15. The van der Waals surface area contributed by atoms with Gasteiger partial charge in [-0.15, -0.1) is 11.3 Å². The number of thiazole rings is 1. The number of carbonyl (C=O) groups is 1. The van der Waals surface area contributed by atoms with E-state index in [1.807, 2.05) is 13.8 Å². The fraction of sp³-hybridized carbons (Fsp3) is 0.750. The van der Waals surface area contributed by atoms with Crippen LogP contribution in [0.5, 0.6) is 0 Å². The Morgan fingerprint density at radius 1 is 1.52 bits per heavy atom. The molecule has 0 saturated carbocycles. The first-order valence-corrected chi connectivity index (χ1v) is 9.11. The summed E-state index contributed by atoms with van der Waals surface area (Å²) in [5, 5.41) is 13.1. The van der Waals surface area contributed by atoms with E-state index >= 15 is 0 Å². The highest BCUT2D eigenvalue weighted by atomic mass is 32.1. The van der Waals surface area contributed by atoms with Gasteiger partial charge in [-0.25, -0.2) is 4.98 Å². The Morgan fingerprint density at radius 3 is 2.83 bits per heavy atom. The van der Waals surface area contributed by atoms with Crippen LogP contribution >= 0.6 is 11.3 Å². The predicted molar refractivity (Wildman–Crippen MR) is 94.0 cm³/mol. The van der Waals surface area contributed by atoms with E-state index in [2.05, 4.69) is 33.9 Å². The van der Waals surface area contributed by atoms with Crippen molar-refractivity contribution in [2.45, 2.75) is 46.3 Å². The van der Waals surface area contributed by atoms with Gasteiger partial charge in [-0.05, 0) is 27.2 Å². The number of aliphatic hydroxyl groups excluding tert-OH is 1. The summed E-state index contributed by atoms with van der Waals surface area (Å²) in [6.07, 6.45) is 0.578. The minimum absolute atomic E-state index is 0.00224. The number of β-amino-alcohol motifs (C(OH)–C–C–N with tert-alkyl or cyclic N) is 1. The smallest absolute Gasteiger partial charge is 0.240 e. The number of anilines is 1. The van der Waals surface area contributed by atoms with Crippen LogP contribution in [0.4, 0.5) is 5.13 Å². The summed E-state index contributed by atoms with van der Waals surface area (Å²) in [6.45, 7) is 11.7. The third-order valence-corrected chi connectivity index (χ3v) is 5.12. The van der Waals surface area contributed by atoms with Gasteiger partial charge in [0.1, 0.15) is 0 Å². The molecule has 7 heteroatoms. The number of nitrogens with zero attached hydrogens (tertiary/aromatic N) is 3. The van der Waals surface area contributed by atoms with Crippen LogP contribution in [-0.4, -0.2) is 70.7 Å². The molecule has 0 bridgehead atoms. The van der Waals surface area contributed by atoms with E-state index in [-0.39, 0.29) is 12.0 Å². The third kappa shape index (κ3) is 5.24. The molecule has 23 heavy (non-hydrogen) atoms. The number of amides is 1. The maximum Gasteiger partial charge on any atom is 0.240 e. The molecule has 1 aromatic rings. The lowest BCUT2D eigenvalue weighted by Crippen LogP contribution is -2.54. The van der Waals surface area contributed by atoms with Crippen LogP contribution in [-0.2, 0) is 11.2 Å². The van der Waals surface area contributed by atoms with Crippen LogP contribution < -0.4 is 5.32 Å². The zero-order valence-corrected chi connectivity index (χ0v) is 15.3. The molecule has 1 aromatic heterocycles. The molecule has 2 atom stereocenters. The molecule has 6 nitrogen and oxygen atoms in total. The topological polar surface area (TPSA) is 68.7 Å². The van der Waals surface area contributed by atoms with Gasteiger partial charge in [0.05, 0.1) is 18.3 Å². The molecule has 1 fully saturated rings. The number of hydrogen-bond donors (Lipinski definition) is 2. The average molecular weight is 340 g/mol. The van der Waals surface area contributed by atoms with Crippen molar-refractivity contribution < 1.29 is 9.90 Å². The lowest BCUT2D eigenvalue weighted by atomic mass is 10.1. The number of aryl methyl sites for hydroxylation is 2. The van der Waals surface area contributed by atoms with Gasteiger partial charge in [0.15, 0.2) is 5.13 Å². The van der Waals surface area contributed by atoms with Gasteiger partial charge in [-0.2, -0.15) is 0 Å². The molecule has 1 aliphatic rings. The standard InChI is InChI=1S/C16H28N4O2S/c1-5-14-13(4)23-16(17-14)18-15(22)10-19-6-7-20(9-12(3)21)11(2)8-19/h11-12,21H,5-10H2,1-4H3,(H,17,18,22)/t11-,12+/m1/s1. The summed E-state index contributed by atoms with van der Waals surface area (Å²) < 4.78 is 0. The quantitative estimate of drug-likeness (QED) is 0.818. The predicted octanol–water partition coefficient (Wildman–Crippen LogP) is 1.34. The third-order valence-electron chi connectivity index (χ3n) is 4.19. The molecule has 0 unspecified atom stereocenters. The summed E-state index contributed by atoms with van der Waals surface area (Å²) >= 11 is 1.54. The minimum atomic E-state index is -0.312. The minimum Gasteiger partial charge on any atom is -0.392 e. The molecular weight excluding hydrogens is 312 g/mol. The van der Waals surface area contributed by atoms with Gasteiger partial charge in [0.2, 0.25) is 5.91 Å². The average Bonchev–Trinajstić information content (AvgIpc) is 2.81. The fourth-order valence-electron chi connectivity index (χ4n) is 3.00. The first-order valence-electron chi connectivity index (χ1n) is 8.29. The summed E-state index contributed by atoms with van der Waals surface area (Å²) in [4.78, 5) is 22.3. The second kappa shape index (κ2) is 8.19. The second-order valence-corrected chi connectivity index (χ2v) is 7.55. The number of aromatic nitrogens is 1.